The summed E-state index contributed by atoms with van der Waals surface area (Å²) < 4.78 is 9.63. The van der Waals surface area contributed by atoms with Crippen LogP contribution < -0.4 is 0 Å². The van der Waals surface area contributed by atoms with Crippen LogP contribution in [0.3, 0.4) is 0 Å². The van der Waals surface area contributed by atoms with E-state index >= 15 is 0 Å². The summed E-state index contributed by atoms with van der Waals surface area (Å²) in [6, 6.07) is 0. The maximum absolute atomic E-state index is 9.93. The number of aliphatic hydroxyl groups is 2. The highest BCUT2D eigenvalue weighted by Crippen LogP contribution is 2.26. The molecule has 0 aromatic rings. The lowest BCUT2D eigenvalue weighted by Gasteiger charge is -2.30. The highest BCUT2D eigenvalue weighted by molar-refractivity contribution is 6.51. The van der Waals surface area contributed by atoms with Gasteiger partial charge in [0.25, 0.3) is 0 Å². The topological polar surface area (TPSA) is 103 Å². The van der Waals surface area contributed by atoms with Gasteiger partial charge in [-0.25, -0.2) is 0 Å². The summed E-state index contributed by atoms with van der Waals surface area (Å²) in [7, 11) is 1.81. The zero-order valence-corrected chi connectivity index (χ0v) is 10.4. The van der Waals surface area contributed by atoms with Crippen LogP contribution in [0.25, 0.3) is 0 Å². The van der Waals surface area contributed by atoms with Gasteiger partial charge in [0.15, 0.2) is 0 Å². The molecule has 0 bridgehead atoms. The van der Waals surface area contributed by atoms with E-state index in [1.165, 1.54) is 6.92 Å². The molecule has 1 fully saturated rings. The van der Waals surface area contributed by atoms with Crippen molar-refractivity contribution in [3.05, 3.63) is 0 Å². The fraction of sp³-hybridized carbons (Fsp3) is 1.00. The van der Waals surface area contributed by atoms with E-state index in [4.69, 9.17) is 9.31 Å². The standard InChI is InChI=1S/C9H21BNO6/c1-4-11(3)5-7(13)9-8(6(2)12)16-10(14,15)17-9/h6-9,12-15H,4-5H2,1-3H3/q-1. The Labute approximate surface area is 101 Å². The van der Waals surface area contributed by atoms with Gasteiger partial charge >= 0.3 is 6.96 Å². The highest BCUT2D eigenvalue weighted by atomic mass is 16.8. The van der Waals surface area contributed by atoms with Crippen LogP contribution in [0.15, 0.2) is 0 Å². The third-order valence-electron chi connectivity index (χ3n) is 2.89. The maximum Gasteiger partial charge on any atom is 0.527 e. The Balaban J connectivity index is 2.66. The van der Waals surface area contributed by atoms with Crippen molar-refractivity contribution < 1.29 is 29.6 Å². The lowest BCUT2D eigenvalue weighted by atomic mass is 10.0. The van der Waals surface area contributed by atoms with Crippen molar-refractivity contribution in [3.8, 4) is 0 Å². The Bertz CT molecular complexity index is 252. The molecule has 1 saturated heterocycles. The maximum atomic E-state index is 9.93. The molecule has 0 aromatic heterocycles. The quantitative estimate of drug-likeness (QED) is 0.414. The molecule has 1 heterocycles. The first-order valence-corrected chi connectivity index (χ1v) is 5.75. The van der Waals surface area contributed by atoms with Crippen molar-refractivity contribution in [1.29, 1.82) is 0 Å². The molecule has 4 unspecified atom stereocenters. The van der Waals surface area contributed by atoms with Gasteiger partial charge in [0.05, 0.1) is 24.4 Å². The fourth-order valence-electron chi connectivity index (χ4n) is 1.85. The SMILES string of the molecule is CCN(C)CC(O)C1O[B-](O)(O)OC1C(C)O. The fourth-order valence-corrected chi connectivity index (χ4v) is 1.85. The third kappa shape index (κ3) is 3.89. The second-order valence-electron chi connectivity index (χ2n) is 4.50. The van der Waals surface area contributed by atoms with Gasteiger partial charge in [0.1, 0.15) is 0 Å². The normalized spacial score (nSPS) is 31.8. The molecule has 8 heteroatoms. The van der Waals surface area contributed by atoms with Gasteiger partial charge in [-0.15, -0.1) is 0 Å². The van der Waals surface area contributed by atoms with Gasteiger partial charge in [0.2, 0.25) is 0 Å². The minimum atomic E-state index is -3.40. The Morgan fingerprint density at radius 3 is 2.24 bits per heavy atom. The van der Waals surface area contributed by atoms with E-state index in [1.54, 1.807) is 0 Å². The van der Waals surface area contributed by atoms with Crippen LogP contribution in [-0.2, 0) is 9.31 Å². The molecule has 0 amide bonds. The summed E-state index contributed by atoms with van der Waals surface area (Å²) in [6.07, 6.45) is -3.85. The molecular weight excluding hydrogens is 229 g/mol. The molecule has 0 radical (unpaired) electrons. The second kappa shape index (κ2) is 5.62. The van der Waals surface area contributed by atoms with E-state index in [1.807, 2.05) is 18.9 Å². The second-order valence-corrected chi connectivity index (χ2v) is 4.50. The predicted octanol–water partition coefficient (Wildman–Crippen LogP) is -2.12. The van der Waals surface area contributed by atoms with E-state index in [9.17, 15) is 20.3 Å². The minimum Gasteiger partial charge on any atom is -0.533 e. The molecule has 4 N–H and O–H groups in total. The summed E-state index contributed by atoms with van der Waals surface area (Å²) in [4.78, 5) is 1.84. The Kier molecular flexibility index (Phi) is 4.90. The van der Waals surface area contributed by atoms with Crippen molar-refractivity contribution in [3.63, 3.8) is 0 Å². The smallest absolute Gasteiger partial charge is 0.527 e. The predicted molar refractivity (Wildman–Crippen MR) is 60.8 cm³/mol. The largest absolute Gasteiger partial charge is 0.533 e. The van der Waals surface area contributed by atoms with Crippen molar-refractivity contribution in [1.82, 2.24) is 4.90 Å². The molecule has 1 aliphatic rings. The average Bonchev–Trinajstić information content (AvgIpc) is 2.54. The van der Waals surface area contributed by atoms with E-state index in [2.05, 4.69) is 0 Å². The molecular formula is C9H21BNO6-. The molecule has 0 aromatic carbocycles. The van der Waals surface area contributed by atoms with Crippen molar-refractivity contribution >= 4 is 6.96 Å². The van der Waals surface area contributed by atoms with Gasteiger partial charge in [-0.2, -0.15) is 0 Å². The van der Waals surface area contributed by atoms with Crippen LogP contribution >= 0.6 is 0 Å². The zero-order valence-electron chi connectivity index (χ0n) is 10.4. The average molecular weight is 250 g/mol. The summed E-state index contributed by atoms with van der Waals surface area (Å²) in [5, 5.41) is 37.9. The molecule has 0 aliphatic carbocycles. The summed E-state index contributed by atoms with van der Waals surface area (Å²) in [6.45, 7) is 0.993. The number of hydrogen-bond donors (Lipinski definition) is 4. The van der Waals surface area contributed by atoms with Gasteiger partial charge in [-0.1, -0.05) is 6.92 Å². The first-order chi connectivity index (χ1) is 7.76. The van der Waals surface area contributed by atoms with Crippen LogP contribution in [0.1, 0.15) is 13.8 Å². The van der Waals surface area contributed by atoms with E-state index in [0.717, 1.165) is 6.54 Å². The molecule has 0 saturated carbocycles. The van der Waals surface area contributed by atoms with Crippen molar-refractivity contribution in [2.45, 2.75) is 38.3 Å². The first-order valence-electron chi connectivity index (χ1n) is 5.75. The highest BCUT2D eigenvalue weighted by Gasteiger charge is 2.46. The molecule has 1 aliphatic heterocycles. The number of likely N-dealkylation sites (N-methyl/N-ethyl adjacent to an activating group) is 1. The Hall–Kier alpha value is -0.215. The van der Waals surface area contributed by atoms with E-state index < -0.39 is 31.4 Å². The lowest BCUT2D eigenvalue weighted by Crippen LogP contribution is -2.46. The number of hydrogen-bond acceptors (Lipinski definition) is 7. The first kappa shape index (κ1) is 14.8. The monoisotopic (exact) mass is 250 g/mol. The van der Waals surface area contributed by atoms with Gasteiger partial charge in [-0.05, 0) is 20.5 Å². The van der Waals surface area contributed by atoms with Gasteiger partial charge in [-0.3, -0.25) is 0 Å². The molecule has 1 rings (SSSR count). The molecule has 7 nitrogen and oxygen atoms in total. The van der Waals surface area contributed by atoms with Crippen LogP contribution in [0, 0.1) is 0 Å². The number of rotatable bonds is 5. The van der Waals surface area contributed by atoms with Crippen LogP contribution in [-0.4, -0.2) is 76.7 Å². The van der Waals surface area contributed by atoms with E-state index in [0.29, 0.717) is 6.54 Å². The van der Waals surface area contributed by atoms with Crippen molar-refractivity contribution in [2.24, 2.45) is 0 Å². The van der Waals surface area contributed by atoms with Crippen LogP contribution in [0.4, 0.5) is 0 Å². The molecule has 102 valence electrons. The molecule has 0 spiro atoms. The van der Waals surface area contributed by atoms with Crippen LogP contribution in [0.2, 0.25) is 0 Å². The number of aliphatic hydroxyl groups excluding tert-OH is 2. The van der Waals surface area contributed by atoms with Crippen LogP contribution in [0.5, 0.6) is 0 Å². The molecule has 4 atom stereocenters. The zero-order chi connectivity index (χ0) is 13.2. The van der Waals surface area contributed by atoms with Gasteiger partial charge in [0, 0.05) is 6.54 Å². The summed E-state index contributed by atoms with van der Waals surface area (Å²) in [5.74, 6) is 0. The summed E-state index contributed by atoms with van der Waals surface area (Å²) >= 11 is 0. The Morgan fingerprint density at radius 1 is 1.24 bits per heavy atom. The molecule has 17 heavy (non-hydrogen) atoms. The minimum absolute atomic E-state index is 0.292. The Morgan fingerprint density at radius 2 is 1.76 bits per heavy atom. The third-order valence-corrected chi connectivity index (χ3v) is 2.89. The summed E-state index contributed by atoms with van der Waals surface area (Å²) in [5.41, 5.74) is 0. The van der Waals surface area contributed by atoms with E-state index in [-0.39, 0.29) is 0 Å². The van der Waals surface area contributed by atoms with Crippen molar-refractivity contribution in [2.75, 3.05) is 20.1 Å². The lowest BCUT2D eigenvalue weighted by molar-refractivity contribution is -0.0370. The number of nitrogens with zero attached hydrogens (tertiary/aromatic N) is 1. The van der Waals surface area contributed by atoms with Gasteiger partial charge < -0.3 is 34.5 Å².